The van der Waals surface area contributed by atoms with Gasteiger partial charge in [0.05, 0.1) is 12.5 Å². The molecule has 0 aliphatic carbocycles. The molecule has 0 saturated heterocycles. The van der Waals surface area contributed by atoms with Gasteiger partial charge in [-0.2, -0.15) is 0 Å². The molecule has 4 heteroatoms. The van der Waals surface area contributed by atoms with E-state index in [9.17, 15) is 9.18 Å². The maximum atomic E-state index is 13.9. The molecule has 0 bridgehead atoms. The van der Waals surface area contributed by atoms with Gasteiger partial charge in [0, 0.05) is 6.54 Å². The second-order valence-electron chi connectivity index (χ2n) is 7.59. The number of amides is 1. The first kappa shape index (κ1) is 20.6. The molecule has 0 spiro atoms. The van der Waals surface area contributed by atoms with E-state index < -0.39 is 5.92 Å². The summed E-state index contributed by atoms with van der Waals surface area (Å²) < 4.78 is 19.2. The topological polar surface area (TPSA) is 33.5 Å². The predicted molar refractivity (Wildman–Crippen MR) is 119 cm³/mol. The minimum atomic E-state index is -0.445. The monoisotopic (exact) mass is 413 g/mol. The molecule has 1 amide bonds. The Hall–Kier alpha value is -3.66. The standard InChI is InChI=1S/C27H24FNO2/c1-20-12-17-25(31-20)19-29(18-21-13-15-24(28)16-14-21)27(30)26(22-8-4-2-5-9-22)23-10-6-3-7-11-23/h2-17,26H,18-19H2,1H3. The minimum Gasteiger partial charge on any atom is -0.464 e. The van der Waals surface area contributed by atoms with Crippen LogP contribution >= 0.6 is 0 Å². The SMILES string of the molecule is Cc1ccc(CN(Cc2ccc(F)cc2)C(=O)C(c2ccccc2)c2ccccc2)o1. The molecule has 3 aromatic carbocycles. The summed E-state index contributed by atoms with van der Waals surface area (Å²) in [5.41, 5.74) is 2.72. The van der Waals surface area contributed by atoms with Gasteiger partial charge in [-0.3, -0.25) is 4.79 Å². The van der Waals surface area contributed by atoms with Gasteiger partial charge < -0.3 is 9.32 Å². The smallest absolute Gasteiger partial charge is 0.235 e. The van der Waals surface area contributed by atoms with E-state index in [-0.39, 0.29) is 11.7 Å². The summed E-state index contributed by atoms with van der Waals surface area (Å²) in [4.78, 5) is 15.7. The molecular formula is C27H24FNO2. The molecule has 0 atom stereocenters. The van der Waals surface area contributed by atoms with Crippen molar-refractivity contribution in [2.75, 3.05) is 0 Å². The molecule has 0 fully saturated rings. The number of nitrogens with zero attached hydrogens (tertiary/aromatic N) is 1. The summed E-state index contributed by atoms with van der Waals surface area (Å²) in [5, 5.41) is 0. The van der Waals surface area contributed by atoms with Gasteiger partial charge in [-0.15, -0.1) is 0 Å². The van der Waals surface area contributed by atoms with Gasteiger partial charge in [0.2, 0.25) is 5.91 Å². The van der Waals surface area contributed by atoms with Crippen LogP contribution in [0.1, 0.15) is 34.1 Å². The molecule has 0 saturated carbocycles. The van der Waals surface area contributed by atoms with Crippen molar-refractivity contribution in [2.45, 2.75) is 25.9 Å². The molecule has 0 aliphatic heterocycles. The van der Waals surface area contributed by atoms with Crippen molar-refractivity contribution in [1.29, 1.82) is 0 Å². The van der Waals surface area contributed by atoms with Crippen molar-refractivity contribution in [2.24, 2.45) is 0 Å². The van der Waals surface area contributed by atoms with Gasteiger partial charge in [-0.25, -0.2) is 4.39 Å². The molecule has 1 heterocycles. The molecule has 156 valence electrons. The molecule has 3 nitrogen and oxygen atoms in total. The number of carbonyl (C=O) groups excluding carboxylic acids is 1. The van der Waals surface area contributed by atoms with Crippen molar-refractivity contribution in [3.63, 3.8) is 0 Å². The number of furan rings is 1. The highest BCUT2D eigenvalue weighted by molar-refractivity contribution is 5.87. The molecular weight excluding hydrogens is 389 g/mol. The highest BCUT2D eigenvalue weighted by atomic mass is 19.1. The number of hydrogen-bond acceptors (Lipinski definition) is 2. The molecule has 0 aliphatic rings. The van der Waals surface area contributed by atoms with Crippen molar-refractivity contribution in [1.82, 2.24) is 4.90 Å². The van der Waals surface area contributed by atoms with Crippen molar-refractivity contribution in [3.8, 4) is 0 Å². The number of hydrogen-bond donors (Lipinski definition) is 0. The van der Waals surface area contributed by atoms with Crippen LogP contribution in [0.2, 0.25) is 0 Å². The first-order chi connectivity index (χ1) is 15.1. The number of halogens is 1. The highest BCUT2D eigenvalue weighted by Gasteiger charge is 2.28. The van der Waals surface area contributed by atoms with Crippen LogP contribution in [0.3, 0.4) is 0 Å². The Morgan fingerprint density at radius 2 is 1.39 bits per heavy atom. The molecule has 31 heavy (non-hydrogen) atoms. The number of aryl methyl sites for hydroxylation is 1. The lowest BCUT2D eigenvalue weighted by Crippen LogP contribution is -2.34. The van der Waals surface area contributed by atoms with E-state index in [1.165, 1.54) is 12.1 Å². The summed E-state index contributed by atoms with van der Waals surface area (Å²) in [6, 6.07) is 29.6. The molecule has 1 aromatic heterocycles. The first-order valence-corrected chi connectivity index (χ1v) is 10.3. The van der Waals surface area contributed by atoms with Crippen molar-refractivity contribution >= 4 is 5.91 Å². The van der Waals surface area contributed by atoms with Crippen LogP contribution in [0.4, 0.5) is 4.39 Å². The van der Waals surface area contributed by atoms with Crippen LogP contribution < -0.4 is 0 Å². The molecule has 4 rings (SSSR count). The minimum absolute atomic E-state index is 0.0317. The van der Waals surface area contributed by atoms with E-state index in [1.54, 1.807) is 17.0 Å². The zero-order valence-corrected chi connectivity index (χ0v) is 17.4. The van der Waals surface area contributed by atoms with E-state index in [0.29, 0.717) is 18.8 Å². The lowest BCUT2D eigenvalue weighted by atomic mass is 9.90. The van der Waals surface area contributed by atoms with Crippen LogP contribution in [-0.4, -0.2) is 10.8 Å². The Bertz CT molecular complexity index is 1080. The van der Waals surface area contributed by atoms with E-state index in [0.717, 1.165) is 22.5 Å². The Balaban J connectivity index is 1.71. The molecule has 0 radical (unpaired) electrons. The maximum absolute atomic E-state index is 13.9. The lowest BCUT2D eigenvalue weighted by molar-refractivity contribution is -0.133. The highest BCUT2D eigenvalue weighted by Crippen LogP contribution is 2.28. The summed E-state index contributed by atoms with van der Waals surface area (Å²) >= 11 is 0. The average Bonchev–Trinajstić information content (AvgIpc) is 3.21. The van der Waals surface area contributed by atoms with Crippen LogP contribution in [0.15, 0.2) is 101 Å². The Kier molecular flexibility index (Phi) is 6.27. The quantitative estimate of drug-likeness (QED) is 0.367. The summed E-state index contributed by atoms with van der Waals surface area (Å²) in [7, 11) is 0. The fraction of sp³-hybridized carbons (Fsp3) is 0.148. The van der Waals surface area contributed by atoms with E-state index in [4.69, 9.17) is 4.42 Å². The third-order valence-electron chi connectivity index (χ3n) is 5.25. The van der Waals surface area contributed by atoms with E-state index in [2.05, 4.69) is 0 Å². The number of benzene rings is 3. The van der Waals surface area contributed by atoms with Gasteiger partial charge >= 0.3 is 0 Å². The average molecular weight is 413 g/mol. The first-order valence-electron chi connectivity index (χ1n) is 10.3. The van der Waals surface area contributed by atoms with Crippen molar-refractivity contribution in [3.05, 3.63) is 131 Å². The molecule has 0 N–H and O–H groups in total. The van der Waals surface area contributed by atoms with Crippen LogP contribution in [-0.2, 0) is 17.9 Å². The second-order valence-corrected chi connectivity index (χ2v) is 7.59. The van der Waals surface area contributed by atoms with Gasteiger partial charge in [0.15, 0.2) is 0 Å². The van der Waals surface area contributed by atoms with E-state index >= 15 is 0 Å². The molecule has 4 aromatic rings. The molecule has 0 unspecified atom stereocenters. The fourth-order valence-corrected chi connectivity index (χ4v) is 3.73. The Morgan fingerprint density at radius 1 is 0.806 bits per heavy atom. The second kappa shape index (κ2) is 9.43. The largest absolute Gasteiger partial charge is 0.464 e. The van der Waals surface area contributed by atoms with Gasteiger partial charge in [-0.05, 0) is 47.9 Å². The normalized spacial score (nSPS) is 10.9. The fourth-order valence-electron chi connectivity index (χ4n) is 3.73. The number of carbonyl (C=O) groups is 1. The maximum Gasteiger partial charge on any atom is 0.235 e. The Morgan fingerprint density at radius 3 is 1.90 bits per heavy atom. The lowest BCUT2D eigenvalue weighted by Gasteiger charge is -2.28. The van der Waals surface area contributed by atoms with Gasteiger partial charge in [0.1, 0.15) is 17.3 Å². The van der Waals surface area contributed by atoms with Crippen LogP contribution in [0, 0.1) is 12.7 Å². The predicted octanol–water partition coefficient (Wildman–Crippen LogP) is 6.09. The number of rotatable bonds is 7. The third-order valence-corrected chi connectivity index (χ3v) is 5.25. The van der Waals surface area contributed by atoms with Crippen LogP contribution in [0.5, 0.6) is 0 Å². The third kappa shape index (κ3) is 5.10. The van der Waals surface area contributed by atoms with E-state index in [1.807, 2.05) is 79.7 Å². The summed E-state index contributed by atoms with van der Waals surface area (Å²) in [6.45, 7) is 2.57. The van der Waals surface area contributed by atoms with Gasteiger partial charge in [-0.1, -0.05) is 72.8 Å². The summed E-state index contributed by atoms with van der Waals surface area (Å²) in [5.74, 6) is 0.740. The van der Waals surface area contributed by atoms with Crippen LogP contribution in [0.25, 0.3) is 0 Å². The van der Waals surface area contributed by atoms with Gasteiger partial charge in [0.25, 0.3) is 0 Å². The Labute approximate surface area is 181 Å². The zero-order valence-electron chi connectivity index (χ0n) is 17.4. The zero-order chi connectivity index (χ0) is 21.6. The van der Waals surface area contributed by atoms with Crippen molar-refractivity contribution < 1.29 is 13.6 Å². The summed E-state index contributed by atoms with van der Waals surface area (Å²) in [6.07, 6.45) is 0.